The average Bonchev–Trinajstić information content (AvgIpc) is 3.19. The Labute approximate surface area is 131 Å². The molecular weight excluding hydrogens is 292 g/mol. The van der Waals surface area contributed by atoms with Gasteiger partial charge in [0.25, 0.3) is 0 Å². The fourth-order valence-electron chi connectivity index (χ4n) is 2.55. The Morgan fingerprint density at radius 3 is 2.78 bits per heavy atom. The first-order valence-corrected chi connectivity index (χ1v) is 7.11. The number of furan rings is 1. The first-order chi connectivity index (χ1) is 11.3. The van der Waals surface area contributed by atoms with Crippen LogP contribution in [0.25, 0.3) is 22.5 Å². The summed E-state index contributed by atoms with van der Waals surface area (Å²) in [6.07, 6.45) is 3.85. The minimum Gasteiger partial charge on any atom is -0.452 e. The highest BCUT2D eigenvalue weighted by atomic mass is 16.3. The first kappa shape index (κ1) is 13.4. The van der Waals surface area contributed by atoms with E-state index in [2.05, 4.69) is 15.1 Å². The fraction of sp³-hybridized carbons (Fsp3) is 0.0588. The predicted octanol–water partition coefficient (Wildman–Crippen LogP) is 2.95. The Bertz CT molecular complexity index is 973. The maximum Gasteiger partial charge on any atom is 0.185 e. The van der Waals surface area contributed by atoms with Gasteiger partial charge in [-0.1, -0.05) is 30.3 Å². The van der Waals surface area contributed by atoms with Gasteiger partial charge in [0.2, 0.25) is 0 Å². The van der Waals surface area contributed by atoms with Crippen LogP contribution in [0.15, 0.2) is 59.4 Å². The van der Waals surface area contributed by atoms with Gasteiger partial charge < -0.3 is 4.42 Å². The van der Waals surface area contributed by atoms with Gasteiger partial charge in [-0.25, -0.2) is 9.97 Å². The zero-order valence-electron chi connectivity index (χ0n) is 12.1. The van der Waals surface area contributed by atoms with E-state index in [1.54, 1.807) is 18.3 Å². The van der Waals surface area contributed by atoms with Crippen molar-refractivity contribution >= 4 is 17.3 Å². The molecule has 3 aromatic heterocycles. The average molecular weight is 304 g/mol. The lowest BCUT2D eigenvalue weighted by Crippen LogP contribution is -2.03. The van der Waals surface area contributed by atoms with Crippen LogP contribution in [-0.2, 0) is 6.54 Å². The van der Waals surface area contributed by atoms with E-state index in [1.807, 2.05) is 35.0 Å². The fourth-order valence-corrected chi connectivity index (χ4v) is 2.55. The van der Waals surface area contributed by atoms with E-state index in [9.17, 15) is 4.79 Å². The highest BCUT2D eigenvalue weighted by Crippen LogP contribution is 2.29. The monoisotopic (exact) mass is 304 g/mol. The summed E-state index contributed by atoms with van der Waals surface area (Å²) in [5.41, 5.74) is 2.46. The van der Waals surface area contributed by atoms with Crippen molar-refractivity contribution in [2.24, 2.45) is 0 Å². The van der Waals surface area contributed by atoms with Crippen LogP contribution in [0.2, 0.25) is 0 Å². The molecule has 4 rings (SSSR count). The molecule has 112 valence electrons. The molecule has 0 spiro atoms. The molecule has 4 aromatic rings. The number of carbonyl (C=O) groups excluding carboxylic acids is 1. The molecule has 0 saturated carbocycles. The molecule has 0 N–H and O–H groups in total. The van der Waals surface area contributed by atoms with Gasteiger partial charge in [-0.15, -0.1) is 0 Å². The molecule has 0 aliphatic rings. The largest absolute Gasteiger partial charge is 0.452 e. The van der Waals surface area contributed by atoms with Crippen LogP contribution in [-0.4, -0.2) is 26.0 Å². The van der Waals surface area contributed by atoms with Crippen molar-refractivity contribution in [3.8, 4) is 11.5 Å². The van der Waals surface area contributed by atoms with E-state index < -0.39 is 0 Å². The lowest BCUT2D eigenvalue weighted by atomic mass is 10.2. The van der Waals surface area contributed by atoms with Gasteiger partial charge in [-0.3, -0.25) is 9.48 Å². The lowest BCUT2D eigenvalue weighted by Gasteiger charge is -2.05. The molecule has 0 saturated heterocycles. The van der Waals surface area contributed by atoms with Gasteiger partial charge in [0, 0.05) is 6.20 Å². The van der Waals surface area contributed by atoms with Crippen LogP contribution in [0, 0.1) is 0 Å². The van der Waals surface area contributed by atoms with Crippen molar-refractivity contribution in [1.29, 1.82) is 0 Å². The highest BCUT2D eigenvalue weighted by molar-refractivity contribution is 5.89. The zero-order chi connectivity index (χ0) is 15.6. The molecule has 6 nitrogen and oxygen atoms in total. The minimum atomic E-state index is 0.275. The molecule has 1 aromatic carbocycles. The van der Waals surface area contributed by atoms with E-state index in [0.29, 0.717) is 24.2 Å². The van der Waals surface area contributed by atoms with Gasteiger partial charge in [0.1, 0.15) is 12.0 Å². The van der Waals surface area contributed by atoms with Crippen LogP contribution >= 0.6 is 0 Å². The zero-order valence-corrected chi connectivity index (χ0v) is 12.1. The summed E-state index contributed by atoms with van der Waals surface area (Å²) < 4.78 is 7.40. The Balaban J connectivity index is 1.89. The van der Waals surface area contributed by atoms with Gasteiger partial charge >= 0.3 is 0 Å². The van der Waals surface area contributed by atoms with Crippen LogP contribution in [0.4, 0.5) is 0 Å². The van der Waals surface area contributed by atoms with Crippen molar-refractivity contribution < 1.29 is 9.21 Å². The van der Waals surface area contributed by atoms with Gasteiger partial charge in [-0.05, 0) is 17.7 Å². The van der Waals surface area contributed by atoms with Gasteiger partial charge in [0.05, 0.1) is 11.9 Å². The Kier molecular flexibility index (Phi) is 3.20. The number of benzene rings is 1. The molecule has 0 radical (unpaired) electrons. The number of hydrogen-bond acceptors (Lipinski definition) is 5. The third-order valence-corrected chi connectivity index (χ3v) is 3.57. The summed E-state index contributed by atoms with van der Waals surface area (Å²) in [7, 11) is 0. The summed E-state index contributed by atoms with van der Waals surface area (Å²) in [6, 6.07) is 13.4. The second-order valence-electron chi connectivity index (χ2n) is 5.07. The minimum absolute atomic E-state index is 0.275. The molecule has 0 bridgehead atoms. The van der Waals surface area contributed by atoms with E-state index >= 15 is 0 Å². The molecule has 0 fully saturated rings. The smallest absolute Gasteiger partial charge is 0.185 e. The molecule has 0 unspecified atom stereocenters. The third-order valence-electron chi connectivity index (χ3n) is 3.57. The highest BCUT2D eigenvalue weighted by Gasteiger charge is 2.17. The lowest BCUT2D eigenvalue weighted by molar-refractivity contribution is 0.110. The maximum atomic E-state index is 10.9. The summed E-state index contributed by atoms with van der Waals surface area (Å²) in [5.74, 6) is 0.845. The number of rotatable bonds is 4. The number of hydrogen-bond donors (Lipinski definition) is 0. The molecule has 3 heterocycles. The maximum absolute atomic E-state index is 10.9. The number of fused-ring (bicyclic) bond motifs is 1. The van der Waals surface area contributed by atoms with Crippen molar-refractivity contribution in [3.63, 3.8) is 0 Å². The van der Waals surface area contributed by atoms with Crippen LogP contribution < -0.4 is 0 Å². The normalized spacial score (nSPS) is 11.0. The number of aldehydes is 1. The van der Waals surface area contributed by atoms with Crippen molar-refractivity contribution in [3.05, 3.63) is 66.3 Å². The van der Waals surface area contributed by atoms with E-state index in [1.165, 1.54) is 6.33 Å². The second kappa shape index (κ2) is 5.49. The van der Waals surface area contributed by atoms with Crippen LogP contribution in [0.5, 0.6) is 0 Å². The molecular formula is C17H12N4O2. The van der Waals surface area contributed by atoms with E-state index in [0.717, 1.165) is 16.6 Å². The van der Waals surface area contributed by atoms with Gasteiger partial charge in [0.15, 0.2) is 23.5 Å². The molecule has 23 heavy (non-hydrogen) atoms. The van der Waals surface area contributed by atoms with Gasteiger partial charge in [-0.2, -0.15) is 5.10 Å². The number of nitrogens with zero attached hydrogens (tertiary/aromatic N) is 4. The Morgan fingerprint density at radius 1 is 1.13 bits per heavy atom. The molecule has 6 heteroatoms. The third kappa shape index (κ3) is 2.40. The van der Waals surface area contributed by atoms with E-state index in [4.69, 9.17) is 4.42 Å². The first-order valence-electron chi connectivity index (χ1n) is 7.11. The predicted molar refractivity (Wildman–Crippen MR) is 84.0 cm³/mol. The summed E-state index contributed by atoms with van der Waals surface area (Å²) in [4.78, 5) is 19.2. The van der Waals surface area contributed by atoms with Crippen LogP contribution in [0.3, 0.4) is 0 Å². The Hall–Kier alpha value is -3.28. The summed E-state index contributed by atoms with van der Waals surface area (Å²) in [5, 5.41) is 5.32. The molecule has 0 aliphatic carbocycles. The molecule has 0 atom stereocenters. The quantitative estimate of drug-likeness (QED) is 0.542. The molecule has 0 amide bonds. The topological polar surface area (TPSA) is 73.8 Å². The SMILES string of the molecule is O=Cc1ccc(-c2c3cncnc3nn2Cc2ccccc2)o1. The second-order valence-corrected chi connectivity index (χ2v) is 5.07. The van der Waals surface area contributed by atoms with Crippen molar-refractivity contribution in [2.45, 2.75) is 6.54 Å². The number of aromatic nitrogens is 4. The van der Waals surface area contributed by atoms with E-state index in [-0.39, 0.29) is 5.76 Å². The van der Waals surface area contributed by atoms with Crippen molar-refractivity contribution in [2.75, 3.05) is 0 Å². The Morgan fingerprint density at radius 2 is 2.00 bits per heavy atom. The summed E-state index contributed by atoms with van der Waals surface area (Å²) in [6.45, 7) is 0.573. The standard InChI is InChI=1S/C17H12N4O2/c22-10-13-6-7-15(23-13)16-14-8-18-11-19-17(14)20-21(16)9-12-4-2-1-3-5-12/h1-8,10-11H,9H2. The van der Waals surface area contributed by atoms with Crippen LogP contribution in [0.1, 0.15) is 16.1 Å². The van der Waals surface area contributed by atoms with Crippen molar-refractivity contribution in [1.82, 2.24) is 19.7 Å². The molecule has 0 aliphatic heterocycles. The number of carbonyl (C=O) groups is 1. The summed E-state index contributed by atoms with van der Waals surface area (Å²) >= 11 is 0.